The Morgan fingerprint density at radius 1 is 1.44 bits per heavy atom. The van der Waals surface area contributed by atoms with Crippen molar-refractivity contribution in [1.29, 1.82) is 0 Å². The highest BCUT2D eigenvalue weighted by atomic mass is 32.1. The normalized spacial score (nSPS) is 18.6. The average molecular weight is 232 g/mol. The summed E-state index contributed by atoms with van der Waals surface area (Å²) < 4.78 is 1.32. The molecule has 1 aliphatic rings. The van der Waals surface area contributed by atoms with Crippen LogP contribution >= 0.6 is 11.3 Å². The van der Waals surface area contributed by atoms with Crippen LogP contribution in [-0.2, 0) is 5.41 Å². The fraction of sp³-hybridized carbons (Fsp3) is 0.462. The molecule has 0 atom stereocenters. The molecule has 84 valence electrons. The summed E-state index contributed by atoms with van der Waals surface area (Å²) in [4.78, 5) is 4.33. The topological polar surface area (TPSA) is 24.9 Å². The van der Waals surface area contributed by atoms with Gasteiger partial charge in [-0.05, 0) is 37.6 Å². The molecule has 3 heteroatoms. The van der Waals surface area contributed by atoms with Gasteiger partial charge in [0, 0.05) is 12.0 Å². The average Bonchev–Trinajstić information content (AvgIpc) is 2.70. The molecule has 0 radical (unpaired) electrons. The summed E-state index contributed by atoms with van der Waals surface area (Å²) in [7, 11) is 2.05. The lowest BCUT2D eigenvalue weighted by atomic mass is 9.64. The van der Waals surface area contributed by atoms with Gasteiger partial charge < -0.3 is 5.32 Å². The number of likely N-dealkylation sites (N-methyl/N-ethyl adjacent to an activating group) is 1. The largest absolute Gasteiger partial charge is 0.319 e. The molecule has 2 aromatic rings. The maximum atomic E-state index is 4.33. The van der Waals surface area contributed by atoms with E-state index in [1.165, 1.54) is 29.5 Å². The molecule has 1 aliphatic carbocycles. The maximum Gasteiger partial charge on any atom is 0.0812 e. The molecule has 1 N–H and O–H groups in total. The molecule has 0 aliphatic heterocycles. The van der Waals surface area contributed by atoms with Crippen LogP contribution in [0.5, 0.6) is 0 Å². The molecule has 0 unspecified atom stereocenters. The number of thiazole rings is 1. The quantitative estimate of drug-likeness (QED) is 0.880. The van der Waals surface area contributed by atoms with Crippen LogP contribution in [0.15, 0.2) is 23.7 Å². The number of nitrogens with zero attached hydrogens (tertiary/aromatic N) is 1. The van der Waals surface area contributed by atoms with Crippen molar-refractivity contribution in [2.75, 3.05) is 13.6 Å². The summed E-state index contributed by atoms with van der Waals surface area (Å²) in [5.74, 6) is 0. The Kier molecular flexibility index (Phi) is 2.45. The number of rotatable bonds is 3. The van der Waals surface area contributed by atoms with Crippen molar-refractivity contribution in [3.8, 4) is 0 Å². The molecule has 0 saturated heterocycles. The number of hydrogen-bond acceptors (Lipinski definition) is 3. The van der Waals surface area contributed by atoms with Crippen molar-refractivity contribution in [3.05, 3.63) is 29.3 Å². The standard InChI is InChI=1S/C13H16N2S/c1-14-8-13(5-2-6-13)10-3-4-11-12(7-10)16-9-15-11/h3-4,7,9,14H,2,5-6,8H2,1H3. The van der Waals surface area contributed by atoms with Crippen molar-refractivity contribution in [2.24, 2.45) is 0 Å². The van der Waals surface area contributed by atoms with Gasteiger partial charge in [0.15, 0.2) is 0 Å². The fourth-order valence-electron chi connectivity index (χ4n) is 2.69. The summed E-state index contributed by atoms with van der Waals surface area (Å²) >= 11 is 1.74. The van der Waals surface area contributed by atoms with Crippen molar-refractivity contribution in [2.45, 2.75) is 24.7 Å². The van der Waals surface area contributed by atoms with E-state index in [2.05, 4.69) is 28.5 Å². The molecule has 1 saturated carbocycles. The van der Waals surface area contributed by atoms with Crippen LogP contribution < -0.4 is 5.32 Å². The molecule has 3 rings (SSSR count). The van der Waals surface area contributed by atoms with Crippen LogP contribution in [0.1, 0.15) is 24.8 Å². The first-order valence-electron chi connectivity index (χ1n) is 5.82. The Labute approximate surface area is 99.7 Å². The lowest BCUT2D eigenvalue weighted by molar-refractivity contribution is 0.239. The van der Waals surface area contributed by atoms with Crippen LogP contribution in [0.3, 0.4) is 0 Å². The van der Waals surface area contributed by atoms with Gasteiger partial charge in [-0.1, -0.05) is 12.5 Å². The Morgan fingerprint density at radius 2 is 2.31 bits per heavy atom. The zero-order valence-corrected chi connectivity index (χ0v) is 10.3. The van der Waals surface area contributed by atoms with E-state index >= 15 is 0 Å². The molecule has 0 amide bonds. The first kappa shape index (κ1) is 10.2. The molecule has 0 bridgehead atoms. The molecule has 16 heavy (non-hydrogen) atoms. The van der Waals surface area contributed by atoms with E-state index in [0.717, 1.165) is 12.1 Å². The van der Waals surface area contributed by atoms with Gasteiger partial charge in [0.25, 0.3) is 0 Å². The van der Waals surface area contributed by atoms with E-state index in [9.17, 15) is 0 Å². The summed E-state index contributed by atoms with van der Waals surface area (Å²) in [5, 5.41) is 3.34. The third-order valence-corrected chi connectivity index (χ3v) is 4.56. The highest BCUT2D eigenvalue weighted by molar-refractivity contribution is 7.16. The van der Waals surface area contributed by atoms with Crippen LogP contribution in [0.25, 0.3) is 10.2 Å². The lowest BCUT2D eigenvalue weighted by Gasteiger charge is -2.42. The van der Waals surface area contributed by atoms with E-state index in [-0.39, 0.29) is 0 Å². The fourth-order valence-corrected chi connectivity index (χ4v) is 3.41. The molecule has 2 nitrogen and oxygen atoms in total. The SMILES string of the molecule is CNCC1(c2ccc3ncsc3c2)CCC1. The molecule has 1 aromatic heterocycles. The lowest BCUT2D eigenvalue weighted by Crippen LogP contribution is -2.42. The molecular weight excluding hydrogens is 216 g/mol. The van der Waals surface area contributed by atoms with Gasteiger partial charge in [0.1, 0.15) is 0 Å². The summed E-state index contributed by atoms with van der Waals surface area (Å²) in [6.45, 7) is 1.09. The summed E-state index contributed by atoms with van der Waals surface area (Å²) in [6, 6.07) is 6.76. The number of nitrogens with one attached hydrogen (secondary N) is 1. The third-order valence-electron chi connectivity index (χ3n) is 3.77. The Balaban J connectivity index is 2.03. The van der Waals surface area contributed by atoms with Crippen LogP contribution in [0.2, 0.25) is 0 Å². The Morgan fingerprint density at radius 3 is 3.00 bits per heavy atom. The van der Waals surface area contributed by atoms with Crippen molar-refractivity contribution >= 4 is 21.6 Å². The number of hydrogen-bond donors (Lipinski definition) is 1. The molecular formula is C13H16N2S. The highest BCUT2D eigenvalue weighted by Crippen LogP contribution is 2.44. The van der Waals surface area contributed by atoms with Crippen molar-refractivity contribution < 1.29 is 0 Å². The van der Waals surface area contributed by atoms with E-state index in [0.29, 0.717) is 5.41 Å². The van der Waals surface area contributed by atoms with Gasteiger partial charge in [-0.25, -0.2) is 4.98 Å². The van der Waals surface area contributed by atoms with Gasteiger partial charge in [-0.3, -0.25) is 0 Å². The number of fused-ring (bicyclic) bond motifs is 1. The Bertz CT molecular complexity index is 499. The zero-order chi connectivity index (χ0) is 11.0. The second kappa shape index (κ2) is 3.82. The molecule has 1 aromatic carbocycles. The minimum atomic E-state index is 0.396. The first-order chi connectivity index (χ1) is 7.84. The van der Waals surface area contributed by atoms with Crippen LogP contribution in [0.4, 0.5) is 0 Å². The predicted molar refractivity (Wildman–Crippen MR) is 69.1 cm³/mol. The van der Waals surface area contributed by atoms with Gasteiger partial charge >= 0.3 is 0 Å². The smallest absolute Gasteiger partial charge is 0.0812 e. The van der Waals surface area contributed by atoms with Crippen molar-refractivity contribution in [3.63, 3.8) is 0 Å². The second-order valence-corrected chi connectivity index (χ2v) is 5.59. The molecule has 1 heterocycles. The summed E-state index contributed by atoms with van der Waals surface area (Å²) in [5.41, 5.74) is 4.95. The number of aromatic nitrogens is 1. The predicted octanol–water partition coefficient (Wildman–Crippen LogP) is 2.94. The monoisotopic (exact) mass is 232 g/mol. The Hall–Kier alpha value is -0.930. The van der Waals surface area contributed by atoms with E-state index in [4.69, 9.17) is 0 Å². The second-order valence-electron chi connectivity index (χ2n) is 4.70. The molecule has 1 fully saturated rings. The van der Waals surface area contributed by atoms with Crippen molar-refractivity contribution in [1.82, 2.24) is 10.3 Å². The maximum absolute atomic E-state index is 4.33. The summed E-state index contributed by atoms with van der Waals surface area (Å²) in [6.07, 6.45) is 4.00. The number of benzene rings is 1. The molecule has 0 spiro atoms. The van der Waals surface area contributed by atoms with Gasteiger partial charge in [-0.15, -0.1) is 11.3 Å². The minimum absolute atomic E-state index is 0.396. The van der Waals surface area contributed by atoms with Gasteiger partial charge in [0.05, 0.1) is 15.7 Å². The van der Waals surface area contributed by atoms with E-state index in [1.54, 1.807) is 11.3 Å². The van der Waals surface area contributed by atoms with Gasteiger partial charge in [0.2, 0.25) is 0 Å². The van der Waals surface area contributed by atoms with E-state index < -0.39 is 0 Å². The van der Waals surface area contributed by atoms with E-state index in [1.807, 2.05) is 12.6 Å². The van der Waals surface area contributed by atoms with Gasteiger partial charge in [-0.2, -0.15) is 0 Å². The van der Waals surface area contributed by atoms with Crippen LogP contribution in [0, 0.1) is 0 Å². The first-order valence-corrected chi connectivity index (χ1v) is 6.70. The third kappa shape index (κ3) is 1.46. The minimum Gasteiger partial charge on any atom is -0.319 e. The highest BCUT2D eigenvalue weighted by Gasteiger charge is 2.37. The van der Waals surface area contributed by atoms with Crippen LogP contribution in [-0.4, -0.2) is 18.6 Å². The zero-order valence-electron chi connectivity index (χ0n) is 9.49.